The maximum Gasteiger partial charge on any atom is 0.264 e. The van der Waals surface area contributed by atoms with Gasteiger partial charge in [-0.25, -0.2) is 8.42 Å². The van der Waals surface area contributed by atoms with Gasteiger partial charge in [0.1, 0.15) is 12.6 Å². The number of nitrogens with zero attached hydrogens (tertiary/aromatic N) is 2. The minimum absolute atomic E-state index is 0.0893. The molecule has 1 N–H and O–H groups in total. The Labute approximate surface area is 239 Å². The molecule has 0 radical (unpaired) electrons. The Morgan fingerprint density at radius 1 is 0.900 bits per heavy atom. The van der Waals surface area contributed by atoms with Gasteiger partial charge in [0.25, 0.3) is 10.0 Å². The summed E-state index contributed by atoms with van der Waals surface area (Å²) < 4.78 is 29.2. The minimum Gasteiger partial charge on any atom is -0.350 e. The second-order valence-electron chi connectivity index (χ2n) is 11.2. The molecule has 214 valence electrons. The van der Waals surface area contributed by atoms with Gasteiger partial charge in [-0.3, -0.25) is 13.9 Å². The summed E-state index contributed by atoms with van der Waals surface area (Å²) in [6.07, 6.45) is 0.369. The first-order valence-corrected chi connectivity index (χ1v) is 15.0. The molecule has 7 nitrogen and oxygen atoms in total. The molecule has 1 atom stereocenters. The van der Waals surface area contributed by atoms with E-state index in [1.54, 1.807) is 30.3 Å². The van der Waals surface area contributed by atoms with Crippen LogP contribution in [0.1, 0.15) is 56.4 Å². The molecule has 0 aromatic heterocycles. The van der Waals surface area contributed by atoms with E-state index in [0.717, 1.165) is 22.3 Å². The fraction of sp³-hybridized carbons (Fsp3) is 0.375. The number of anilines is 1. The first kappa shape index (κ1) is 30.9. The molecule has 3 aromatic rings. The third-order valence-corrected chi connectivity index (χ3v) is 8.55. The predicted molar refractivity (Wildman–Crippen MR) is 161 cm³/mol. The highest BCUT2D eigenvalue weighted by Gasteiger charge is 2.35. The molecule has 0 heterocycles. The number of amides is 2. The number of benzene rings is 3. The number of aryl methyl sites for hydroxylation is 2. The highest BCUT2D eigenvalue weighted by Crippen LogP contribution is 2.29. The van der Waals surface area contributed by atoms with Gasteiger partial charge in [0.15, 0.2) is 0 Å². The SMILES string of the molecule is CC[C@H](C(=O)NC(C)(C)C)N(Cc1cccc(C)c1)C(=O)CN(c1cccc(C)c1C)S(=O)(=O)c1ccccc1. The number of carbonyl (C=O) groups excluding carboxylic acids is 2. The molecule has 0 saturated carbocycles. The molecule has 0 aliphatic carbocycles. The number of nitrogens with one attached hydrogen (secondary N) is 1. The van der Waals surface area contributed by atoms with Gasteiger partial charge >= 0.3 is 0 Å². The number of sulfonamides is 1. The van der Waals surface area contributed by atoms with E-state index in [4.69, 9.17) is 0 Å². The first-order valence-electron chi connectivity index (χ1n) is 13.6. The Morgan fingerprint density at radius 3 is 2.15 bits per heavy atom. The zero-order chi connectivity index (χ0) is 29.7. The minimum atomic E-state index is -4.10. The van der Waals surface area contributed by atoms with Gasteiger partial charge in [-0.2, -0.15) is 0 Å². The highest BCUT2D eigenvalue weighted by molar-refractivity contribution is 7.92. The van der Waals surface area contributed by atoms with Crippen molar-refractivity contribution in [3.8, 4) is 0 Å². The molecule has 3 aromatic carbocycles. The summed E-state index contributed by atoms with van der Waals surface area (Å²) in [4.78, 5) is 29.2. The van der Waals surface area contributed by atoms with Crippen LogP contribution in [0.5, 0.6) is 0 Å². The molecule has 2 amide bonds. The third kappa shape index (κ3) is 7.50. The summed E-state index contributed by atoms with van der Waals surface area (Å²) in [5.74, 6) is -0.738. The van der Waals surface area contributed by atoms with E-state index in [1.165, 1.54) is 21.3 Å². The zero-order valence-corrected chi connectivity index (χ0v) is 25.4. The molecule has 0 saturated heterocycles. The van der Waals surface area contributed by atoms with Crippen molar-refractivity contribution >= 4 is 27.5 Å². The van der Waals surface area contributed by atoms with Crippen LogP contribution in [-0.4, -0.2) is 43.3 Å². The molecule has 0 spiro atoms. The van der Waals surface area contributed by atoms with E-state index < -0.39 is 34.1 Å². The second kappa shape index (κ2) is 12.7. The van der Waals surface area contributed by atoms with Gasteiger partial charge in [-0.1, -0.05) is 67.1 Å². The average Bonchev–Trinajstić information content (AvgIpc) is 2.88. The van der Waals surface area contributed by atoms with Crippen molar-refractivity contribution < 1.29 is 18.0 Å². The van der Waals surface area contributed by atoms with Crippen LogP contribution in [0.3, 0.4) is 0 Å². The van der Waals surface area contributed by atoms with Crippen LogP contribution in [0.4, 0.5) is 5.69 Å². The monoisotopic (exact) mass is 563 g/mol. The number of hydrogen-bond acceptors (Lipinski definition) is 4. The Kier molecular flexibility index (Phi) is 9.79. The average molecular weight is 564 g/mol. The van der Waals surface area contributed by atoms with Crippen LogP contribution in [0, 0.1) is 20.8 Å². The van der Waals surface area contributed by atoms with E-state index >= 15 is 0 Å². The van der Waals surface area contributed by atoms with Crippen molar-refractivity contribution in [3.63, 3.8) is 0 Å². The zero-order valence-electron chi connectivity index (χ0n) is 24.6. The third-order valence-electron chi connectivity index (χ3n) is 6.77. The molecule has 8 heteroatoms. The quantitative estimate of drug-likeness (QED) is 0.352. The first-order chi connectivity index (χ1) is 18.7. The molecule has 3 rings (SSSR count). The topological polar surface area (TPSA) is 86.8 Å². The molecular weight excluding hydrogens is 522 g/mol. The van der Waals surface area contributed by atoms with E-state index in [1.807, 2.05) is 78.8 Å². The lowest BCUT2D eigenvalue weighted by atomic mass is 10.0. The Morgan fingerprint density at radius 2 is 1.55 bits per heavy atom. The van der Waals surface area contributed by atoms with E-state index in [0.29, 0.717) is 12.1 Å². The lowest BCUT2D eigenvalue weighted by Crippen LogP contribution is -2.55. The fourth-order valence-corrected chi connectivity index (χ4v) is 6.11. The summed E-state index contributed by atoms with van der Waals surface area (Å²) in [6.45, 7) is 13.0. The van der Waals surface area contributed by atoms with Crippen molar-refractivity contribution in [2.24, 2.45) is 0 Å². The normalized spacial score (nSPS) is 12.5. The van der Waals surface area contributed by atoms with Crippen molar-refractivity contribution in [2.75, 3.05) is 10.8 Å². The van der Waals surface area contributed by atoms with E-state index in [2.05, 4.69) is 5.32 Å². The fourth-order valence-electron chi connectivity index (χ4n) is 4.62. The van der Waals surface area contributed by atoms with Crippen LogP contribution < -0.4 is 9.62 Å². The number of carbonyl (C=O) groups is 2. The summed E-state index contributed by atoms with van der Waals surface area (Å²) >= 11 is 0. The van der Waals surface area contributed by atoms with Crippen molar-refractivity contribution in [3.05, 3.63) is 95.1 Å². The molecule has 0 bridgehead atoms. The highest BCUT2D eigenvalue weighted by atomic mass is 32.2. The van der Waals surface area contributed by atoms with Crippen molar-refractivity contribution in [1.82, 2.24) is 10.2 Å². The lowest BCUT2D eigenvalue weighted by molar-refractivity contribution is -0.141. The van der Waals surface area contributed by atoms with Gasteiger partial charge in [0.2, 0.25) is 11.8 Å². The Balaban J connectivity index is 2.11. The summed E-state index contributed by atoms with van der Waals surface area (Å²) in [6, 6.07) is 20.5. The summed E-state index contributed by atoms with van der Waals surface area (Å²) in [5, 5.41) is 3.00. The smallest absolute Gasteiger partial charge is 0.264 e. The van der Waals surface area contributed by atoms with E-state index in [9.17, 15) is 18.0 Å². The van der Waals surface area contributed by atoms with E-state index in [-0.39, 0.29) is 17.3 Å². The van der Waals surface area contributed by atoms with Gasteiger partial charge in [0, 0.05) is 12.1 Å². The number of rotatable bonds is 10. The van der Waals surface area contributed by atoms with Gasteiger partial charge < -0.3 is 10.2 Å². The maximum atomic E-state index is 14.2. The standard InChI is InChI=1S/C32H41N3O4S/c1-8-28(31(37)33-32(5,6)7)34(21-26-16-12-14-23(2)20-26)30(36)22-35(29-19-13-15-24(3)25(29)4)40(38,39)27-17-10-9-11-18-27/h9-20,28H,8,21-22H2,1-7H3,(H,33,37)/t28-/m1/s1. The summed E-state index contributed by atoms with van der Waals surface area (Å²) in [7, 11) is -4.10. The van der Waals surface area contributed by atoms with Gasteiger partial charge in [-0.05, 0) is 82.9 Å². The Hall–Kier alpha value is -3.65. The maximum absolute atomic E-state index is 14.2. The van der Waals surface area contributed by atoms with Gasteiger partial charge in [-0.15, -0.1) is 0 Å². The van der Waals surface area contributed by atoms with Crippen LogP contribution in [0.2, 0.25) is 0 Å². The lowest BCUT2D eigenvalue weighted by Gasteiger charge is -2.35. The van der Waals surface area contributed by atoms with Crippen LogP contribution in [-0.2, 0) is 26.2 Å². The molecule has 0 fully saturated rings. The molecular formula is C32H41N3O4S. The second-order valence-corrected chi connectivity index (χ2v) is 13.1. The largest absolute Gasteiger partial charge is 0.350 e. The predicted octanol–water partition coefficient (Wildman–Crippen LogP) is 5.53. The molecule has 0 unspecified atom stereocenters. The van der Waals surface area contributed by atoms with Crippen LogP contribution in [0.25, 0.3) is 0 Å². The number of hydrogen-bond donors (Lipinski definition) is 1. The van der Waals surface area contributed by atoms with Crippen LogP contribution in [0.15, 0.2) is 77.7 Å². The Bertz CT molecular complexity index is 1450. The van der Waals surface area contributed by atoms with Crippen LogP contribution >= 0.6 is 0 Å². The molecule has 40 heavy (non-hydrogen) atoms. The molecule has 0 aliphatic rings. The molecule has 0 aliphatic heterocycles. The van der Waals surface area contributed by atoms with Crippen molar-refractivity contribution in [2.45, 2.75) is 77.9 Å². The van der Waals surface area contributed by atoms with Crippen molar-refractivity contribution in [1.29, 1.82) is 0 Å². The summed E-state index contributed by atoms with van der Waals surface area (Å²) in [5.41, 5.74) is 3.49. The van der Waals surface area contributed by atoms with Gasteiger partial charge in [0.05, 0.1) is 10.6 Å².